The lowest BCUT2D eigenvalue weighted by Gasteiger charge is -2.43. The van der Waals surface area contributed by atoms with E-state index in [0.717, 1.165) is 29.1 Å². The van der Waals surface area contributed by atoms with Crippen molar-refractivity contribution >= 4 is 5.97 Å². The Morgan fingerprint density at radius 3 is 2.32 bits per heavy atom. The fraction of sp³-hybridized carbons (Fsp3) is 0.348. The Kier molecular flexibility index (Phi) is 8.03. The van der Waals surface area contributed by atoms with Gasteiger partial charge in [0, 0.05) is 5.56 Å². The van der Waals surface area contributed by atoms with Gasteiger partial charge in [0.15, 0.2) is 35.2 Å². The smallest absolute Gasteiger partial charge is 0.335 e. The number of aliphatic hydroxyl groups excluding tert-OH is 3. The molecule has 4 N–H and O–H groups in total. The van der Waals surface area contributed by atoms with Crippen molar-refractivity contribution in [2.24, 2.45) is 0 Å². The number of halogens is 5. The van der Waals surface area contributed by atoms with Gasteiger partial charge in [0.05, 0.1) is 19.4 Å². The summed E-state index contributed by atoms with van der Waals surface area (Å²) in [6.45, 7) is -1.36. The van der Waals surface area contributed by atoms with Gasteiger partial charge in [0.2, 0.25) is 0 Å². The van der Waals surface area contributed by atoms with Crippen LogP contribution in [-0.2, 0) is 20.9 Å². The number of hydrogen-bond donors (Lipinski definition) is 4. The van der Waals surface area contributed by atoms with Crippen molar-refractivity contribution in [2.45, 2.75) is 43.2 Å². The van der Waals surface area contributed by atoms with E-state index < -0.39 is 84.8 Å². The summed E-state index contributed by atoms with van der Waals surface area (Å²) in [5.74, 6) is -8.64. The molecule has 1 aliphatic heterocycles. The Morgan fingerprint density at radius 1 is 1.03 bits per heavy atom. The van der Waals surface area contributed by atoms with Gasteiger partial charge in [-0.2, -0.15) is 0 Å². The van der Waals surface area contributed by atoms with Crippen LogP contribution >= 0.6 is 0 Å². The van der Waals surface area contributed by atoms with E-state index in [1.165, 1.54) is 0 Å². The molecule has 10 nitrogen and oxygen atoms in total. The normalized spacial score (nSPS) is 24.4. The number of aromatic nitrogens is 3. The van der Waals surface area contributed by atoms with Gasteiger partial charge in [-0.3, -0.25) is 0 Å². The molecule has 3 unspecified atom stereocenters. The first kappa shape index (κ1) is 27.5. The molecule has 0 saturated carbocycles. The second-order valence-corrected chi connectivity index (χ2v) is 8.45. The van der Waals surface area contributed by atoms with Crippen LogP contribution in [0.3, 0.4) is 0 Å². The number of aliphatic carboxylic acids is 1. The lowest BCUT2D eigenvalue weighted by Crippen LogP contribution is -2.60. The van der Waals surface area contributed by atoms with Crippen molar-refractivity contribution < 1.29 is 56.6 Å². The highest BCUT2D eigenvalue weighted by molar-refractivity contribution is 5.73. The van der Waals surface area contributed by atoms with Crippen LogP contribution in [0.4, 0.5) is 22.0 Å². The summed E-state index contributed by atoms with van der Waals surface area (Å²) in [7, 11) is 0. The monoisotopic (exact) mass is 545 g/mol. The molecule has 0 aliphatic carbocycles. The van der Waals surface area contributed by atoms with Crippen LogP contribution in [0.25, 0.3) is 11.3 Å². The summed E-state index contributed by atoms with van der Waals surface area (Å²) >= 11 is 0. The van der Waals surface area contributed by atoms with E-state index in [9.17, 15) is 47.2 Å². The number of benzene rings is 2. The predicted octanol–water partition coefficient (Wildman–Crippen LogP) is 1.33. The molecule has 1 aromatic heterocycles. The average molecular weight is 545 g/mol. The molecule has 0 bridgehead atoms. The summed E-state index contributed by atoms with van der Waals surface area (Å²) in [5, 5.41) is 48.5. The number of carboxylic acids is 1. The van der Waals surface area contributed by atoms with Gasteiger partial charge in [0.25, 0.3) is 0 Å². The highest BCUT2D eigenvalue weighted by Gasteiger charge is 2.50. The second-order valence-electron chi connectivity index (χ2n) is 8.45. The fourth-order valence-electron chi connectivity index (χ4n) is 4.07. The van der Waals surface area contributed by atoms with Gasteiger partial charge < -0.3 is 29.9 Å². The molecular formula is C23H20F5N3O7. The minimum atomic E-state index is -1.93. The van der Waals surface area contributed by atoms with Crippen molar-refractivity contribution in [3.05, 3.63) is 71.2 Å². The van der Waals surface area contributed by atoms with Crippen LogP contribution < -0.4 is 0 Å². The zero-order valence-corrected chi connectivity index (χ0v) is 19.1. The molecule has 38 heavy (non-hydrogen) atoms. The maximum Gasteiger partial charge on any atom is 0.335 e. The third kappa shape index (κ3) is 5.37. The highest BCUT2D eigenvalue weighted by Crippen LogP contribution is 2.33. The van der Waals surface area contributed by atoms with Gasteiger partial charge in [-0.05, 0) is 29.8 Å². The van der Waals surface area contributed by atoms with Gasteiger partial charge in [-0.15, -0.1) is 5.10 Å². The second kappa shape index (κ2) is 11.1. The molecule has 2 aromatic carbocycles. The molecule has 6 atom stereocenters. The van der Waals surface area contributed by atoms with Crippen molar-refractivity contribution in [3.63, 3.8) is 0 Å². The van der Waals surface area contributed by atoms with Crippen LogP contribution in [0, 0.1) is 29.1 Å². The van der Waals surface area contributed by atoms with Crippen molar-refractivity contribution in [1.29, 1.82) is 0 Å². The molecule has 204 valence electrons. The van der Waals surface area contributed by atoms with E-state index in [0.29, 0.717) is 12.1 Å². The SMILES string of the molecule is O=C(O)[C@@H](OCc1ccc(F)c(F)c1)[C@@H]1OC(CO)[C@H](O)C(n2cc(-c3cc(F)c(F)c(F)c3)nn2)C1O. The molecule has 0 amide bonds. The van der Waals surface area contributed by atoms with E-state index >= 15 is 0 Å². The molecule has 1 aliphatic rings. The zero-order chi connectivity index (χ0) is 27.7. The fourth-order valence-corrected chi connectivity index (χ4v) is 4.07. The zero-order valence-electron chi connectivity index (χ0n) is 19.1. The third-order valence-corrected chi connectivity index (χ3v) is 5.98. The molecule has 2 heterocycles. The average Bonchev–Trinajstić information content (AvgIpc) is 3.35. The number of rotatable bonds is 8. The number of ether oxygens (including phenoxy) is 2. The Morgan fingerprint density at radius 2 is 1.71 bits per heavy atom. The van der Waals surface area contributed by atoms with E-state index in [4.69, 9.17) is 9.47 Å². The minimum Gasteiger partial charge on any atom is -0.479 e. The van der Waals surface area contributed by atoms with Gasteiger partial charge in [0.1, 0.15) is 36.2 Å². The summed E-state index contributed by atoms with van der Waals surface area (Å²) in [4.78, 5) is 12.0. The molecule has 1 fully saturated rings. The number of carboxylic acid groups (broad SMARTS) is 1. The van der Waals surface area contributed by atoms with Crippen LogP contribution in [0.5, 0.6) is 0 Å². The lowest BCUT2D eigenvalue weighted by molar-refractivity contribution is -0.238. The van der Waals surface area contributed by atoms with Crippen molar-refractivity contribution in [1.82, 2.24) is 15.0 Å². The third-order valence-electron chi connectivity index (χ3n) is 5.98. The number of nitrogens with zero attached hydrogens (tertiary/aromatic N) is 3. The summed E-state index contributed by atoms with van der Waals surface area (Å²) < 4.78 is 78.9. The highest BCUT2D eigenvalue weighted by atomic mass is 19.2. The molecule has 1 saturated heterocycles. The maximum absolute atomic E-state index is 13.7. The van der Waals surface area contributed by atoms with Gasteiger partial charge >= 0.3 is 5.97 Å². The van der Waals surface area contributed by atoms with Crippen molar-refractivity contribution in [3.8, 4) is 11.3 Å². The number of hydrogen-bond acceptors (Lipinski definition) is 8. The van der Waals surface area contributed by atoms with E-state index in [-0.39, 0.29) is 16.8 Å². The van der Waals surface area contributed by atoms with Gasteiger partial charge in [-0.1, -0.05) is 11.3 Å². The predicted molar refractivity (Wildman–Crippen MR) is 115 cm³/mol. The van der Waals surface area contributed by atoms with E-state index in [1.54, 1.807) is 0 Å². The molecule has 3 aromatic rings. The summed E-state index contributed by atoms with van der Waals surface area (Å²) in [6.07, 6.45) is -7.59. The Hall–Kier alpha value is -3.50. The molecule has 4 rings (SSSR count). The standard InChI is InChI=1S/C23H20F5N3O7/c24-11-2-1-9(3-12(11)25)8-37-22(23(35)36)21-20(34)18(19(33)16(7-32)38-21)31-6-15(29-30-31)10-4-13(26)17(28)14(27)5-10/h1-6,16,18-22,32-34H,7-8H2,(H,35,36)/t16?,18?,19-,20?,21+,22-/m0/s1. The van der Waals surface area contributed by atoms with Crippen LogP contribution in [-0.4, -0.2) is 78.5 Å². The lowest BCUT2D eigenvalue weighted by atomic mass is 9.90. The number of aliphatic hydroxyl groups is 3. The van der Waals surface area contributed by atoms with Crippen LogP contribution in [0.15, 0.2) is 36.5 Å². The molecule has 15 heteroatoms. The minimum absolute atomic E-state index is 0.0652. The maximum atomic E-state index is 13.7. The molecule has 0 spiro atoms. The summed E-state index contributed by atoms with van der Waals surface area (Å²) in [6, 6.07) is 2.54. The first-order valence-electron chi connectivity index (χ1n) is 11.0. The quantitative estimate of drug-likeness (QED) is 0.243. The van der Waals surface area contributed by atoms with Crippen LogP contribution in [0.2, 0.25) is 0 Å². The number of carbonyl (C=O) groups is 1. The summed E-state index contributed by atoms with van der Waals surface area (Å²) in [5.41, 5.74) is -0.345. The first-order valence-corrected chi connectivity index (χ1v) is 11.0. The van der Waals surface area contributed by atoms with E-state index in [2.05, 4.69) is 10.3 Å². The molecular weight excluding hydrogens is 525 g/mol. The van der Waals surface area contributed by atoms with Crippen molar-refractivity contribution in [2.75, 3.05) is 6.61 Å². The molecule has 0 radical (unpaired) electrons. The topological polar surface area (TPSA) is 147 Å². The Bertz CT molecular complexity index is 1300. The van der Waals surface area contributed by atoms with Gasteiger partial charge in [-0.25, -0.2) is 31.4 Å². The van der Waals surface area contributed by atoms with Crippen LogP contribution in [0.1, 0.15) is 11.6 Å². The Balaban J connectivity index is 1.62. The Labute approximate surface area is 210 Å². The first-order chi connectivity index (χ1) is 18.0. The largest absolute Gasteiger partial charge is 0.479 e. The van der Waals surface area contributed by atoms with E-state index in [1.807, 2.05) is 0 Å².